The molecular weight excluding hydrogens is 539 g/mol. The number of para-hydroxylation sites is 3. The van der Waals surface area contributed by atoms with Crippen molar-refractivity contribution in [3.8, 4) is 16.8 Å². The maximum Gasteiger partial charge on any atom is 0.0764 e. The molecule has 200 valence electrons. The van der Waals surface area contributed by atoms with E-state index in [1.54, 1.807) is 0 Å². The summed E-state index contributed by atoms with van der Waals surface area (Å²) in [5.74, 6) is 0. The normalized spacial score (nSPS) is 16.4. The minimum absolute atomic E-state index is 0.454. The van der Waals surface area contributed by atoms with Crippen molar-refractivity contribution in [2.24, 2.45) is 0 Å². The third-order valence-electron chi connectivity index (χ3n) is 9.63. The summed E-state index contributed by atoms with van der Waals surface area (Å²) in [5.41, 5.74) is 11.3. The van der Waals surface area contributed by atoms with Gasteiger partial charge in [-0.3, -0.25) is 0 Å². The van der Waals surface area contributed by atoms with Gasteiger partial charge >= 0.3 is 0 Å². The fourth-order valence-corrected chi connectivity index (χ4v) is 9.04. The Kier molecular flexibility index (Phi) is 4.65. The first-order chi connectivity index (χ1) is 21.3. The van der Waals surface area contributed by atoms with Crippen molar-refractivity contribution in [2.75, 3.05) is 0 Å². The van der Waals surface area contributed by atoms with E-state index in [-0.39, 0.29) is 0 Å². The molecule has 0 aliphatic carbocycles. The molecule has 1 atom stereocenters. The molecule has 0 amide bonds. The zero-order valence-corrected chi connectivity index (χ0v) is 24.1. The van der Waals surface area contributed by atoms with Gasteiger partial charge in [-0.15, -0.1) is 0 Å². The van der Waals surface area contributed by atoms with Crippen LogP contribution in [0.1, 0.15) is 22.3 Å². The fraction of sp³-hybridized carbons (Fsp3) is 0.0244. The van der Waals surface area contributed by atoms with Crippen molar-refractivity contribution in [1.82, 2.24) is 4.57 Å². The summed E-state index contributed by atoms with van der Waals surface area (Å²) in [5, 5.41) is 5.15. The van der Waals surface area contributed by atoms with Gasteiger partial charge in [-0.05, 0) is 80.6 Å². The largest absolute Gasteiger partial charge is 0.309 e. The van der Waals surface area contributed by atoms with Crippen LogP contribution in [0.4, 0.5) is 0 Å². The summed E-state index contributed by atoms with van der Waals surface area (Å²) < 4.78 is 2.51. The molecule has 43 heavy (non-hydrogen) atoms. The average molecular weight is 564 g/mol. The van der Waals surface area contributed by atoms with Gasteiger partial charge in [-0.25, -0.2) is 0 Å². The van der Waals surface area contributed by atoms with Crippen LogP contribution in [0, 0.1) is 0 Å². The lowest BCUT2D eigenvalue weighted by Crippen LogP contribution is -2.37. The SMILES string of the molecule is c1ccc2c(c1)Sc1ccc(-c3ccc4ccccc4c3)cc1C21c2ccccc2-n2c3ccccc3c3cccc1c32. The van der Waals surface area contributed by atoms with E-state index in [0.717, 1.165) is 0 Å². The summed E-state index contributed by atoms with van der Waals surface area (Å²) in [6, 6.07) is 56.6. The molecule has 8 aromatic rings. The van der Waals surface area contributed by atoms with E-state index in [0.29, 0.717) is 0 Å². The molecule has 7 aromatic carbocycles. The van der Waals surface area contributed by atoms with Crippen LogP contribution in [0.2, 0.25) is 0 Å². The Morgan fingerprint density at radius 3 is 2.07 bits per heavy atom. The summed E-state index contributed by atoms with van der Waals surface area (Å²) in [7, 11) is 0. The molecule has 0 N–H and O–H groups in total. The predicted molar refractivity (Wildman–Crippen MR) is 180 cm³/mol. The minimum Gasteiger partial charge on any atom is -0.309 e. The predicted octanol–water partition coefficient (Wildman–Crippen LogP) is 10.8. The molecule has 1 aromatic heterocycles. The number of aromatic nitrogens is 1. The molecule has 0 fully saturated rings. The molecule has 2 aliphatic heterocycles. The van der Waals surface area contributed by atoms with Gasteiger partial charge in [-0.1, -0.05) is 127 Å². The Labute approximate surface area is 254 Å². The lowest BCUT2D eigenvalue weighted by molar-refractivity contribution is 0.690. The Balaban J connectivity index is 1.37. The first kappa shape index (κ1) is 23.5. The molecule has 3 heterocycles. The highest BCUT2D eigenvalue weighted by molar-refractivity contribution is 7.99. The van der Waals surface area contributed by atoms with Crippen LogP contribution in [0.15, 0.2) is 161 Å². The van der Waals surface area contributed by atoms with Gasteiger partial charge in [0.25, 0.3) is 0 Å². The smallest absolute Gasteiger partial charge is 0.0764 e. The molecule has 2 aliphatic rings. The summed E-state index contributed by atoms with van der Waals surface area (Å²) >= 11 is 1.90. The second kappa shape index (κ2) is 8.50. The molecular formula is C41H25NS. The highest BCUT2D eigenvalue weighted by atomic mass is 32.2. The Hall–Kier alpha value is -5.05. The van der Waals surface area contributed by atoms with Crippen molar-refractivity contribution in [1.29, 1.82) is 0 Å². The van der Waals surface area contributed by atoms with Crippen LogP contribution in [-0.2, 0) is 5.41 Å². The van der Waals surface area contributed by atoms with Gasteiger partial charge in [0.05, 0.1) is 22.1 Å². The molecule has 2 heteroatoms. The maximum absolute atomic E-state index is 2.51. The Morgan fingerprint density at radius 2 is 1.12 bits per heavy atom. The van der Waals surface area contributed by atoms with Crippen LogP contribution < -0.4 is 0 Å². The van der Waals surface area contributed by atoms with Crippen molar-refractivity contribution in [3.05, 3.63) is 174 Å². The lowest BCUT2D eigenvalue weighted by atomic mass is 9.62. The fourth-order valence-electron chi connectivity index (χ4n) is 7.87. The quantitative estimate of drug-likeness (QED) is 0.192. The third kappa shape index (κ3) is 2.99. The molecule has 1 unspecified atom stereocenters. The van der Waals surface area contributed by atoms with Crippen LogP contribution in [-0.4, -0.2) is 4.57 Å². The summed E-state index contributed by atoms with van der Waals surface area (Å²) in [6.07, 6.45) is 0. The monoisotopic (exact) mass is 563 g/mol. The van der Waals surface area contributed by atoms with Gasteiger partial charge in [0.2, 0.25) is 0 Å². The second-order valence-electron chi connectivity index (χ2n) is 11.7. The zero-order valence-electron chi connectivity index (χ0n) is 23.3. The number of rotatable bonds is 1. The molecule has 0 radical (unpaired) electrons. The maximum atomic E-state index is 2.51. The minimum atomic E-state index is -0.454. The Bertz CT molecular complexity index is 2450. The van der Waals surface area contributed by atoms with Gasteiger partial charge < -0.3 is 4.57 Å². The van der Waals surface area contributed by atoms with E-state index in [2.05, 4.69) is 156 Å². The van der Waals surface area contributed by atoms with Gasteiger partial charge in [0.1, 0.15) is 0 Å². The van der Waals surface area contributed by atoms with Crippen LogP contribution in [0.25, 0.3) is 49.4 Å². The van der Waals surface area contributed by atoms with Crippen LogP contribution >= 0.6 is 11.8 Å². The highest BCUT2D eigenvalue weighted by Crippen LogP contribution is 2.60. The van der Waals surface area contributed by atoms with Gasteiger partial charge in [0, 0.05) is 20.6 Å². The first-order valence-corrected chi connectivity index (χ1v) is 15.7. The zero-order chi connectivity index (χ0) is 28.1. The summed E-state index contributed by atoms with van der Waals surface area (Å²) in [6.45, 7) is 0. The molecule has 0 saturated heterocycles. The van der Waals surface area contributed by atoms with E-state index in [9.17, 15) is 0 Å². The number of benzene rings is 7. The van der Waals surface area contributed by atoms with Crippen LogP contribution in [0.3, 0.4) is 0 Å². The van der Waals surface area contributed by atoms with Crippen molar-refractivity contribution in [2.45, 2.75) is 15.2 Å². The third-order valence-corrected chi connectivity index (χ3v) is 10.8. The number of hydrogen-bond acceptors (Lipinski definition) is 1. The standard InChI is InChI=1S/C41H25NS/c1-2-11-27-24-28(21-20-26(27)10-1)29-22-23-39-35(25-29)41(33-15-5-8-19-38(33)43-39)32-14-4-7-18-37(32)42-36-17-6-3-12-30(36)31-13-9-16-34(41)40(31)42/h1-25H. The molecule has 0 bridgehead atoms. The molecule has 1 spiro atoms. The topological polar surface area (TPSA) is 4.93 Å². The lowest BCUT2D eigenvalue weighted by Gasteiger charge is -2.45. The summed E-state index contributed by atoms with van der Waals surface area (Å²) in [4.78, 5) is 2.64. The van der Waals surface area contributed by atoms with Gasteiger partial charge in [0.15, 0.2) is 0 Å². The number of fused-ring (bicyclic) bond motifs is 12. The van der Waals surface area contributed by atoms with E-state index in [1.165, 1.54) is 81.4 Å². The van der Waals surface area contributed by atoms with Crippen LogP contribution in [0.5, 0.6) is 0 Å². The van der Waals surface area contributed by atoms with E-state index >= 15 is 0 Å². The Morgan fingerprint density at radius 1 is 0.442 bits per heavy atom. The van der Waals surface area contributed by atoms with Crippen molar-refractivity contribution >= 4 is 44.3 Å². The average Bonchev–Trinajstić information content (AvgIpc) is 3.41. The van der Waals surface area contributed by atoms with Gasteiger partial charge in [-0.2, -0.15) is 0 Å². The number of nitrogens with zero attached hydrogens (tertiary/aromatic N) is 1. The van der Waals surface area contributed by atoms with Crippen molar-refractivity contribution in [3.63, 3.8) is 0 Å². The van der Waals surface area contributed by atoms with Crippen molar-refractivity contribution < 1.29 is 0 Å². The molecule has 10 rings (SSSR count). The molecule has 0 saturated carbocycles. The second-order valence-corrected chi connectivity index (χ2v) is 12.8. The molecule has 1 nitrogen and oxygen atoms in total. The first-order valence-electron chi connectivity index (χ1n) is 14.9. The highest BCUT2D eigenvalue weighted by Gasteiger charge is 2.49. The van der Waals surface area contributed by atoms with E-state index < -0.39 is 5.41 Å². The number of hydrogen-bond donors (Lipinski definition) is 0. The van der Waals surface area contributed by atoms with E-state index in [4.69, 9.17) is 0 Å². The van der Waals surface area contributed by atoms with E-state index in [1.807, 2.05) is 11.8 Å².